The number of carboxylic acid groups (broad SMARTS) is 1. The molecule has 0 amide bonds. The van der Waals surface area contributed by atoms with Crippen LogP contribution in [-0.4, -0.2) is 35.7 Å². The van der Waals surface area contributed by atoms with Gasteiger partial charge in [-0.1, -0.05) is 0 Å². The van der Waals surface area contributed by atoms with Gasteiger partial charge in [0.05, 0.1) is 0 Å². The van der Waals surface area contributed by atoms with E-state index in [9.17, 15) is 18.0 Å². The maximum atomic E-state index is 11.5. The van der Waals surface area contributed by atoms with Crippen molar-refractivity contribution in [2.45, 2.75) is 12.6 Å². The fourth-order valence-electron chi connectivity index (χ4n) is 0.411. The van der Waals surface area contributed by atoms with Crippen LogP contribution in [-0.2, 0) is 4.79 Å². The molecule has 0 fully saturated rings. The first-order chi connectivity index (χ1) is 5.83. The quantitative estimate of drug-likeness (QED) is 0.661. The fourth-order valence-corrected chi connectivity index (χ4v) is 0.411. The van der Waals surface area contributed by atoms with Crippen molar-refractivity contribution >= 4 is 17.9 Å². The molecule has 2 N–H and O–H groups in total. The van der Waals surface area contributed by atoms with Crippen LogP contribution in [0.1, 0.15) is 6.42 Å². The van der Waals surface area contributed by atoms with E-state index in [1.54, 1.807) is 0 Å². The number of nitrogens with one attached hydrogen (secondary N) is 1. The lowest BCUT2D eigenvalue weighted by atomic mass is 10.3. The SMILES string of the molecule is N=C(CC=NCC(F)(F)F)C(=O)O. The van der Waals surface area contributed by atoms with Gasteiger partial charge in [-0.15, -0.1) is 0 Å². The van der Waals surface area contributed by atoms with E-state index >= 15 is 0 Å². The average Bonchev–Trinajstić information content (AvgIpc) is 1.95. The summed E-state index contributed by atoms with van der Waals surface area (Å²) in [6.45, 7) is -1.35. The highest BCUT2D eigenvalue weighted by molar-refractivity contribution is 6.36. The van der Waals surface area contributed by atoms with Crippen molar-refractivity contribution in [3.05, 3.63) is 0 Å². The number of halogens is 3. The van der Waals surface area contributed by atoms with Crippen LogP contribution in [0.3, 0.4) is 0 Å². The fraction of sp³-hybridized carbons (Fsp3) is 0.500. The Bertz CT molecular complexity index is 235. The number of carboxylic acids is 1. The Labute approximate surface area is 71.6 Å². The molecule has 0 unspecified atom stereocenters. The third-order valence-electron chi connectivity index (χ3n) is 0.953. The molecule has 0 aliphatic rings. The van der Waals surface area contributed by atoms with Crippen LogP contribution in [0, 0.1) is 5.41 Å². The highest BCUT2D eigenvalue weighted by Gasteiger charge is 2.25. The van der Waals surface area contributed by atoms with E-state index in [1.165, 1.54) is 0 Å². The lowest BCUT2D eigenvalue weighted by Gasteiger charge is -1.99. The van der Waals surface area contributed by atoms with Crippen LogP contribution in [0.2, 0.25) is 0 Å². The Morgan fingerprint density at radius 3 is 2.46 bits per heavy atom. The molecule has 0 saturated heterocycles. The molecule has 0 spiro atoms. The van der Waals surface area contributed by atoms with Gasteiger partial charge in [0.1, 0.15) is 12.3 Å². The lowest BCUT2D eigenvalue weighted by molar-refractivity contribution is -0.129. The molecule has 0 aromatic rings. The van der Waals surface area contributed by atoms with Crippen molar-refractivity contribution in [1.29, 1.82) is 5.41 Å². The number of hydrogen-bond donors (Lipinski definition) is 2. The summed E-state index contributed by atoms with van der Waals surface area (Å²) in [7, 11) is 0. The standard InChI is InChI=1S/C6H7F3N2O2/c7-6(8,9)3-11-2-1-4(10)5(12)13/h2,10H,1,3H2,(H,12,13). The number of carbonyl (C=O) groups is 1. The molecule has 7 heteroatoms. The number of hydrogen-bond acceptors (Lipinski definition) is 3. The summed E-state index contributed by atoms with van der Waals surface area (Å²) in [6.07, 6.45) is -4.02. The van der Waals surface area contributed by atoms with Gasteiger partial charge < -0.3 is 5.11 Å². The Morgan fingerprint density at radius 2 is 2.08 bits per heavy atom. The van der Waals surface area contributed by atoms with Crippen molar-refractivity contribution in [2.75, 3.05) is 6.54 Å². The molecule has 0 heterocycles. The van der Waals surface area contributed by atoms with E-state index in [1.807, 2.05) is 0 Å². The van der Waals surface area contributed by atoms with Gasteiger partial charge in [0.25, 0.3) is 0 Å². The molecule has 13 heavy (non-hydrogen) atoms. The molecular formula is C6H7F3N2O2. The second-order valence-electron chi connectivity index (χ2n) is 2.13. The highest BCUT2D eigenvalue weighted by Crippen LogP contribution is 2.13. The van der Waals surface area contributed by atoms with Gasteiger partial charge >= 0.3 is 12.1 Å². The van der Waals surface area contributed by atoms with Crippen LogP contribution in [0.15, 0.2) is 4.99 Å². The molecule has 0 atom stereocenters. The number of aliphatic imine (C=N–C) groups is 1. The zero-order valence-electron chi connectivity index (χ0n) is 6.43. The largest absolute Gasteiger partial charge is 0.477 e. The van der Waals surface area contributed by atoms with E-state index in [2.05, 4.69) is 4.99 Å². The summed E-state index contributed by atoms with van der Waals surface area (Å²) < 4.78 is 34.4. The predicted molar refractivity (Wildman–Crippen MR) is 39.4 cm³/mol. The summed E-state index contributed by atoms with van der Waals surface area (Å²) in [5.41, 5.74) is -0.689. The van der Waals surface area contributed by atoms with Crippen LogP contribution >= 0.6 is 0 Å². The van der Waals surface area contributed by atoms with Gasteiger partial charge in [-0.2, -0.15) is 13.2 Å². The van der Waals surface area contributed by atoms with Crippen LogP contribution < -0.4 is 0 Å². The Kier molecular flexibility index (Phi) is 4.09. The number of rotatable bonds is 4. The molecule has 0 aliphatic carbocycles. The van der Waals surface area contributed by atoms with Crippen LogP contribution in [0.25, 0.3) is 0 Å². The van der Waals surface area contributed by atoms with Crippen molar-refractivity contribution in [3.63, 3.8) is 0 Å². The van der Waals surface area contributed by atoms with Gasteiger partial charge in [0, 0.05) is 12.6 Å². The Hall–Kier alpha value is -1.40. The molecule has 0 aliphatic heterocycles. The van der Waals surface area contributed by atoms with Gasteiger partial charge in [-0.3, -0.25) is 10.4 Å². The maximum Gasteiger partial charge on any atom is 0.407 e. The summed E-state index contributed by atoms with van der Waals surface area (Å²) >= 11 is 0. The summed E-state index contributed by atoms with van der Waals surface area (Å²) in [5.74, 6) is -1.46. The molecule has 0 saturated carbocycles. The molecule has 4 nitrogen and oxygen atoms in total. The van der Waals surface area contributed by atoms with Crippen LogP contribution in [0.4, 0.5) is 13.2 Å². The lowest BCUT2D eigenvalue weighted by Crippen LogP contribution is -2.14. The minimum atomic E-state index is -4.39. The first-order valence-electron chi connectivity index (χ1n) is 3.18. The van der Waals surface area contributed by atoms with Crippen molar-refractivity contribution in [1.82, 2.24) is 0 Å². The van der Waals surface area contributed by atoms with Crippen molar-refractivity contribution < 1.29 is 23.1 Å². The number of nitrogens with zero attached hydrogens (tertiary/aromatic N) is 1. The van der Waals surface area contributed by atoms with Gasteiger partial charge in [-0.05, 0) is 0 Å². The zero-order chi connectivity index (χ0) is 10.5. The predicted octanol–water partition coefficient (Wildman–Crippen LogP) is 1.11. The van der Waals surface area contributed by atoms with Crippen LogP contribution in [0.5, 0.6) is 0 Å². The smallest absolute Gasteiger partial charge is 0.407 e. The molecule has 0 rings (SSSR count). The van der Waals surface area contributed by atoms with E-state index in [0.29, 0.717) is 0 Å². The second-order valence-corrected chi connectivity index (χ2v) is 2.13. The average molecular weight is 196 g/mol. The van der Waals surface area contributed by atoms with Gasteiger partial charge in [-0.25, -0.2) is 4.79 Å². The van der Waals surface area contributed by atoms with Crippen molar-refractivity contribution in [2.24, 2.45) is 4.99 Å². The summed E-state index contributed by atoms with van der Waals surface area (Å²) in [5, 5.41) is 14.8. The van der Waals surface area contributed by atoms with Gasteiger partial charge in [0.2, 0.25) is 0 Å². The molecular weight excluding hydrogens is 189 g/mol. The first kappa shape index (κ1) is 11.6. The molecule has 0 aromatic heterocycles. The Morgan fingerprint density at radius 1 is 1.54 bits per heavy atom. The number of aliphatic carboxylic acids is 1. The second kappa shape index (κ2) is 4.58. The number of alkyl halides is 3. The van der Waals surface area contributed by atoms with E-state index in [-0.39, 0.29) is 0 Å². The third-order valence-corrected chi connectivity index (χ3v) is 0.953. The highest BCUT2D eigenvalue weighted by atomic mass is 19.4. The Balaban J connectivity index is 3.77. The monoisotopic (exact) mass is 196 g/mol. The minimum absolute atomic E-state index is 0.397. The minimum Gasteiger partial charge on any atom is -0.477 e. The summed E-state index contributed by atoms with van der Waals surface area (Å²) in [6, 6.07) is 0. The maximum absolute atomic E-state index is 11.5. The topological polar surface area (TPSA) is 73.5 Å². The zero-order valence-corrected chi connectivity index (χ0v) is 6.43. The van der Waals surface area contributed by atoms with Crippen molar-refractivity contribution in [3.8, 4) is 0 Å². The molecule has 0 bridgehead atoms. The summed E-state index contributed by atoms with van der Waals surface area (Å²) in [4.78, 5) is 12.9. The van der Waals surface area contributed by atoms with E-state index < -0.39 is 30.8 Å². The molecule has 0 radical (unpaired) electrons. The van der Waals surface area contributed by atoms with E-state index in [0.717, 1.165) is 6.21 Å². The normalized spacial score (nSPS) is 11.9. The molecule has 0 aromatic carbocycles. The van der Waals surface area contributed by atoms with E-state index in [4.69, 9.17) is 10.5 Å². The van der Waals surface area contributed by atoms with Gasteiger partial charge in [0.15, 0.2) is 0 Å². The molecule has 74 valence electrons. The first-order valence-corrected chi connectivity index (χ1v) is 3.18. The third kappa shape index (κ3) is 6.98.